The molecule has 1 fully saturated rings. The van der Waals surface area contributed by atoms with Crippen LogP contribution in [-0.2, 0) is 11.3 Å². The summed E-state index contributed by atoms with van der Waals surface area (Å²) in [5.41, 5.74) is 8.77. The first-order chi connectivity index (χ1) is 17.8. The van der Waals surface area contributed by atoms with Gasteiger partial charge in [0.1, 0.15) is 17.1 Å². The molecule has 5 nitrogen and oxygen atoms in total. The van der Waals surface area contributed by atoms with Crippen molar-refractivity contribution in [3.05, 3.63) is 82.4 Å². The summed E-state index contributed by atoms with van der Waals surface area (Å²) in [6.07, 6.45) is 0. The normalized spacial score (nSPS) is 18.5. The highest BCUT2D eigenvalue weighted by molar-refractivity contribution is 5.71. The minimum Gasteiger partial charge on any atom is -0.497 e. The first-order valence-corrected chi connectivity index (χ1v) is 13.4. The highest BCUT2D eigenvalue weighted by Gasteiger charge is 2.44. The Morgan fingerprint density at radius 3 is 2.14 bits per heavy atom. The lowest BCUT2D eigenvalue weighted by molar-refractivity contribution is 0.0394. The van der Waals surface area contributed by atoms with Gasteiger partial charge in [0.2, 0.25) is 0 Å². The van der Waals surface area contributed by atoms with E-state index in [1.165, 1.54) is 39.2 Å². The second kappa shape index (κ2) is 10.3. The minimum atomic E-state index is -0.313. The van der Waals surface area contributed by atoms with Gasteiger partial charge in [-0.05, 0) is 81.1 Å². The molecule has 2 aliphatic heterocycles. The van der Waals surface area contributed by atoms with Crippen LogP contribution in [0.15, 0.2) is 54.6 Å². The third kappa shape index (κ3) is 4.89. The highest BCUT2D eigenvalue weighted by atomic mass is 16.5. The van der Waals surface area contributed by atoms with Crippen molar-refractivity contribution in [2.75, 3.05) is 49.7 Å². The van der Waals surface area contributed by atoms with E-state index < -0.39 is 0 Å². The van der Waals surface area contributed by atoms with Gasteiger partial charge >= 0.3 is 0 Å². The van der Waals surface area contributed by atoms with Crippen LogP contribution in [0.4, 0.5) is 11.4 Å². The van der Waals surface area contributed by atoms with Crippen LogP contribution in [0.5, 0.6) is 11.5 Å². The molecule has 3 aromatic carbocycles. The predicted molar refractivity (Wildman–Crippen MR) is 152 cm³/mol. The topological polar surface area (TPSA) is 34.2 Å². The molecule has 1 unspecified atom stereocenters. The number of hydrogen-bond donors (Lipinski definition) is 0. The molecule has 196 valence electrons. The Balaban J connectivity index is 1.37. The van der Waals surface area contributed by atoms with Crippen molar-refractivity contribution in [2.24, 2.45) is 0 Å². The summed E-state index contributed by atoms with van der Waals surface area (Å²) in [7, 11) is 1.71. The number of piperazine rings is 1. The van der Waals surface area contributed by atoms with Gasteiger partial charge in [-0.1, -0.05) is 30.3 Å². The number of fused-ring (bicyclic) bond motifs is 1. The smallest absolute Gasteiger partial charge is 0.127 e. The van der Waals surface area contributed by atoms with Gasteiger partial charge in [0, 0.05) is 43.1 Å². The zero-order valence-electron chi connectivity index (χ0n) is 23.1. The first kappa shape index (κ1) is 25.5. The van der Waals surface area contributed by atoms with Gasteiger partial charge < -0.3 is 24.0 Å². The molecule has 5 rings (SSSR count). The largest absolute Gasteiger partial charge is 0.497 e. The maximum Gasteiger partial charge on any atom is 0.127 e. The number of anilines is 2. The maximum absolute atomic E-state index is 6.62. The van der Waals surface area contributed by atoms with E-state index in [1.807, 2.05) is 18.2 Å². The Morgan fingerprint density at radius 2 is 1.49 bits per heavy atom. The fourth-order valence-corrected chi connectivity index (χ4v) is 5.97. The number of methoxy groups -OCH3 is 1. The molecule has 1 atom stereocenters. The molecule has 0 aliphatic carbocycles. The number of nitrogens with zero attached hydrogens (tertiary/aromatic N) is 2. The third-order valence-electron chi connectivity index (χ3n) is 8.24. The summed E-state index contributed by atoms with van der Waals surface area (Å²) in [5, 5.41) is 0. The Morgan fingerprint density at radius 1 is 0.838 bits per heavy atom. The maximum atomic E-state index is 6.62. The average Bonchev–Trinajstić information content (AvgIpc) is 3.19. The minimum absolute atomic E-state index is 0.185. The zero-order valence-corrected chi connectivity index (χ0v) is 23.1. The average molecular weight is 501 g/mol. The molecule has 37 heavy (non-hydrogen) atoms. The summed E-state index contributed by atoms with van der Waals surface area (Å²) in [4.78, 5) is 5.04. The summed E-state index contributed by atoms with van der Waals surface area (Å²) in [6.45, 7) is 16.4. The molecule has 0 saturated carbocycles. The molecule has 0 bridgehead atoms. The molecule has 3 aromatic rings. The molecule has 1 saturated heterocycles. The van der Waals surface area contributed by atoms with E-state index in [-0.39, 0.29) is 11.5 Å². The van der Waals surface area contributed by atoms with E-state index in [2.05, 4.69) is 80.8 Å². The summed E-state index contributed by atoms with van der Waals surface area (Å²) < 4.78 is 18.2. The van der Waals surface area contributed by atoms with E-state index in [4.69, 9.17) is 14.2 Å². The van der Waals surface area contributed by atoms with Crippen molar-refractivity contribution in [3.8, 4) is 11.5 Å². The van der Waals surface area contributed by atoms with Gasteiger partial charge in [-0.3, -0.25) is 0 Å². The Kier molecular flexibility index (Phi) is 7.09. The van der Waals surface area contributed by atoms with Crippen molar-refractivity contribution >= 4 is 11.4 Å². The lowest BCUT2D eigenvalue weighted by atomic mass is 9.83. The number of rotatable bonds is 7. The number of hydrogen-bond acceptors (Lipinski definition) is 5. The van der Waals surface area contributed by atoms with E-state index in [0.29, 0.717) is 13.2 Å². The van der Waals surface area contributed by atoms with Crippen LogP contribution >= 0.6 is 0 Å². The lowest BCUT2D eigenvalue weighted by Crippen LogP contribution is -2.47. The predicted octanol–water partition coefficient (Wildman–Crippen LogP) is 6.42. The van der Waals surface area contributed by atoms with Gasteiger partial charge in [-0.15, -0.1) is 0 Å². The van der Waals surface area contributed by atoms with Gasteiger partial charge in [0.05, 0.1) is 26.2 Å². The Hall–Kier alpha value is -3.18. The van der Waals surface area contributed by atoms with Crippen LogP contribution in [0.2, 0.25) is 0 Å². The van der Waals surface area contributed by atoms with Crippen molar-refractivity contribution in [1.82, 2.24) is 0 Å². The standard InChI is InChI=1S/C32H40N2O3/c1-22-23(2)31-29(28(32(4,5)37-31)21-36-20-25-10-8-7-9-11-25)24(3)30(22)34-18-16-33(17-19-34)26-12-14-27(35-6)15-13-26/h7-15,28H,16-21H2,1-6H3. The van der Waals surface area contributed by atoms with Gasteiger partial charge in [-0.2, -0.15) is 0 Å². The van der Waals surface area contributed by atoms with Crippen molar-refractivity contribution < 1.29 is 14.2 Å². The summed E-state index contributed by atoms with van der Waals surface area (Å²) in [5.74, 6) is 2.15. The lowest BCUT2D eigenvalue weighted by Gasteiger charge is -2.39. The van der Waals surface area contributed by atoms with Crippen LogP contribution in [0, 0.1) is 20.8 Å². The monoisotopic (exact) mass is 500 g/mol. The van der Waals surface area contributed by atoms with Crippen LogP contribution in [0.3, 0.4) is 0 Å². The Labute approximate surface area is 222 Å². The fraction of sp³-hybridized carbons (Fsp3) is 0.438. The fourth-order valence-electron chi connectivity index (χ4n) is 5.97. The first-order valence-electron chi connectivity index (χ1n) is 13.4. The SMILES string of the molecule is COc1ccc(N2CCN(c3c(C)c(C)c4c(c3C)C(COCc3ccccc3)C(C)(C)O4)CC2)cc1. The van der Waals surface area contributed by atoms with E-state index >= 15 is 0 Å². The molecule has 2 aliphatic rings. The van der Waals surface area contributed by atoms with Gasteiger partial charge in [0.25, 0.3) is 0 Å². The van der Waals surface area contributed by atoms with Crippen LogP contribution in [0.25, 0.3) is 0 Å². The molecular formula is C32H40N2O3. The quantitative estimate of drug-likeness (QED) is 0.374. The van der Waals surface area contributed by atoms with Crippen LogP contribution in [0.1, 0.15) is 47.6 Å². The number of ether oxygens (including phenoxy) is 3. The molecule has 2 heterocycles. The van der Waals surface area contributed by atoms with Crippen molar-refractivity contribution in [1.29, 1.82) is 0 Å². The molecule has 5 heteroatoms. The second-order valence-corrected chi connectivity index (χ2v) is 10.9. The van der Waals surface area contributed by atoms with Crippen molar-refractivity contribution in [3.63, 3.8) is 0 Å². The Bertz CT molecular complexity index is 1230. The molecule has 0 N–H and O–H groups in total. The van der Waals surface area contributed by atoms with E-state index in [9.17, 15) is 0 Å². The summed E-state index contributed by atoms with van der Waals surface area (Å²) in [6, 6.07) is 18.8. The summed E-state index contributed by atoms with van der Waals surface area (Å²) >= 11 is 0. The van der Waals surface area contributed by atoms with E-state index in [1.54, 1.807) is 7.11 Å². The highest BCUT2D eigenvalue weighted by Crippen LogP contribution is 2.52. The van der Waals surface area contributed by atoms with E-state index in [0.717, 1.165) is 37.7 Å². The molecule has 0 radical (unpaired) electrons. The van der Waals surface area contributed by atoms with Crippen molar-refractivity contribution in [2.45, 2.75) is 52.7 Å². The number of benzene rings is 3. The molecule has 0 aromatic heterocycles. The molecular weight excluding hydrogens is 460 g/mol. The van der Waals surface area contributed by atoms with Crippen LogP contribution < -0.4 is 19.3 Å². The zero-order chi connectivity index (χ0) is 26.2. The third-order valence-corrected chi connectivity index (χ3v) is 8.24. The van der Waals surface area contributed by atoms with Gasteiger partial charge in [-0.25, -0.2) is 0 Å². The molecule has 0 amide bonds. The van der Waals surface area contributed by atoms with Gasteiger partial charge in [0.15, 0.2) is 0 Å². The molecule has 0 spiro atoms. The second-order valence-electron chi connectivity index (χ2n) is 10.9. The van der Waals surface area contributed by atoms with Crippen LogP contribution in [-0.4, -0.2) is 45.5 Å².